The highest BCUT2D eigenvalue weighted by molar-refractivity contribution is 5.82. The van der Waals surface area contributed by atoms with E-state index in [1.54, 1.807) is 20.8 Å². The van der Waals surface area contributed by atoms with E-state index in [0.717, 1.165) is 50.9 Å². The molecule has 0 bridgehead atoms. The van der Waals surface area contributed by atoms with Gasteiger partial charge in [0.05, 0.1) is 0 Å². The molecule has 1 aliphatic rings. The monoisotopic (exact) mass is 385 g/mol. The number of aliphatic hydroxyl groups is 1. The van der Waals surface area contributed by atoms with Crippen LogP contribution in [0.25, 0.3) is 0 Å². The zero-order valence-corrected chi connectivity index (χ0v) is 18.0. The molecule has 2 rings (SSSR count). The molecule has 0 aliphatic heterocycles. The molecular formula is C24H35NO3. The van der Waals surface area contributed by atoms with Crippen molar-refractivity contribution in [3.05, 3.63) is 29.8 Å². The number of hydrogen-bond acceptors (Lipinski definition) is 4. The normalized spacial score (nSPS) is 17.2. The highest BCUT2D eigenvalue weighted by Gasteiger charge is 2.48. The number of ether oxygens (including phenoxy) is 1. The van der Waals surface area contributed by atoms with E-state index in [4.69, 9.17) is 4.74 Å². The first-order chi connectivity index (χ1) is 13.3. The maximum Gasteiger partial charge on any atom is 0.344 e. The van der Waals surface area contributed by atoms with E-state index >= 15 is 0 Å². The molecule has 1 aromatic carbocycles. The first kappa shape index (κ1) is 22.3. The lowest BCUT2D eigenvalue weighted by Crippen LogP contribution is -2.47. The van der Waals surface area contributed by atoms with Crippen LogP contribution in [-0.2, 0) is 15.1 Å². The third-order valence-electron chi connectivity index (χ3n) is 5.72. The number of esters is 1. The number of nitrogens with zero attached hydrogens (tertiary/aromatic N) is 1. The van der Waals surface area contributed by atoms with Crippen molar-refractivity contribution in [1.82, 2.24) is 0 Å². The Hall–Kier alpha value is -1.99. The van der Waals surface area contributed by atoms with E-state index in [1.165, 1.54) is 0 Å². The number of carbonyl (C=O) groups excluding carboxylic acids is 1. The SMILES string of the molecule is CC#CC(C)(C)OC(=O)C(O)(c1ccc(N(CC)CC)cc1)C1CCCCC1. The highest BCUT2D eigenvalue weighted by Crippen LogP contribution is 2.41. The number of anilines is 1. The minimum Gasteiger partial charge on any atom is -0.444 e. The highest BCUT2D eigenvalue weighted by atomic mass is 16.6. The van der Waals surface area contributed by atoms with Gasteiger partial charge in [0.15, 0.2) is 11.2 Å². The molecule has 1 aliphatic carbocycles. The molecule has 1 unspecified atom stereocenters. The third-order valence-corrected chi connectivity index (χ3v) is 5.72. The molecule has 0 amide bonds. The lowest BCUT2D eigenvalue weighted by atomic mass is 9.73. The number of benzene rings is 1. The van der Waals surface area contributed by atoms with Crippen molar-refractivity contribution in [2.45, 2.75) is 77.9 Å². The Labute approximate surface area is 170 Å². The van der Waals surface area contributed by atoms with Crippen LogP contribution in [0.5, 0.6) is 0 Å². The van der Waals surface area contributed by atoms with E-state index in [2.05, 4.69) is 30.6 Å². The van der Waals surface area contributed by atoms with Crippen LogP contribution in [0.3, 0.4) is 0 Å². The van der Waals surface area contributed by atoms with Crippen molar-refractivity contribution < 1.29 is 14.6 Å². The van der Waals surface area contributed by atoms with Gasteiger partial charge < -0.3 is 14.7 Å². The number of rotatable bonds is 7. The smallest absolute Gasteiger partial charge is 0.344 e. The molecule has 0 radical (unpaired) electrons. The summed E-state index contributed by atoms with van der Waals surface area (Å²) >= 11 is 0. The molecule has 1 fully saturated rings. The summed E-state index contributed by atoms with van der Waals surface area (Å²) in [7, 11) is 0. The first-order valence-corrected chi connectivity index (χ1v) is 10.5. The fraction of sp³-hybridized carbons (Fsp3) is 0.625. The van der Waals surface area contributed by atoms with Crippen molar-refractivity contribution in [2.24, 2.45) is 5.92 Å². The number of carbonyl (C=O) groups is 1. The summed E-state index contributed by atoms with van der Waals surface area (Å²) in [5.41, 5.74) is -0.879. The minimum atomic E-state index is -1.64. The van der Waals surface area contributed by atoms with E-state index in [1.807, 2.05) is 24.3 Å². The second-order valence-corrected chi connectivity index (χ2v) is 8.10. The van der Waals surface area contributed by atoms with Crippen molar-refractivity contribution in [1.29, 1.82) is 0 Å². The van der Waals surface area contributed by atoms with Crippen LogP contribution in [0.1, 0.15) is 72.3 Å². The van der Waals surface area contributed by atoms with Gasteiger partial charge in [-0.3, -0.25) is 0 Å². The maximum absolute atomic E-state index is 13.2. The van der Waals surface area contributed by atoms with Gasteiger partial charge in [-0.25, -0.2) is 4.79 Å². The Kier molecular flexibility index (Phi) is 7.55. The van der Waals surface area contributed by atoms with Crippen LogP contribution < -0.4 is 4.90 Å². The van der Waals surface area contributed by atoms with Crippen LogP contribution in [0.2, 0.25) is 0 Å². The zero-order chi connectivity index (χ0) is 20.8. The lowest BCUT2D eigenvalue weighted by Gasteiger charge is -2.38. The molecule has 0 saturated heterocycles. The van der Waals surface area contributed by atoms with Crippen LogP contribution >= 0.6 is 0 Å². The Balaban J connectivity index is 2.40. The van der Waals surface area contributed by atoms with Crippen molar-refractivity contribution in [2.75, 3.05) is 18.0 Å². The van der Waals surface area contributed by atoms with Crippen molar-refractivity contribution in [3.63, 3.8) is 0 Å². The fourth-order valence-corrected chi connectivity index (χ4v) is 4.19. The predicted molar refractivity (Wildman–Crippen MR) is 114 cm³/mol. The quantitative estimate of drug-likeness (QED) is 0.548. The predicted octanol–water partition coefficient (Wildman–Crippen LogP) is 4.65. The van der Waals surface area contributed by atoms with Gasteiger partial charge in [-0.15, -0.1) is 5.92 Å². The second kappa shape index (κ2) is 9.47. The first-order valence-electron chi connectivity index (χ1n) is 10.5. The Bertz CT molecular complexity index is 704. The van der Waals surface area contributed by atoms with Gasteiger partial charge in [0.2, 0.25) is 0 Å². The topological polar surface area (TPSA) is 49.8 Å². The molecule has 4 heteroatoms. The molecule has 1 aromatic rings. The Morgan fingerprint density at radius 3 is 2.21 bits per heavy atom. The molecule has 1 saturated carbocycles. The second-order valence-electron chi connectivity index (χ2n) is 8.10. The van der Waals surface area contributed by atoms with E-state index in [0.29, 0.717) is 5.56 Å². The fourth-order valence-electron chi connectivity index (χ4n) is 4.19. The average molecular weight is 386 g/mol. The molecule has 154 valence electrons. The van der Waals surface area contributed by atoms with Crippen LogP contribution in [0.15, 0.2) is 24.3 Å². The molecule has 4 nitrogen and oxygen atoms in total. The van der Waals surface area contributed by atoms with E-state index in [9.17, 15) is 9.90 Å². The molecular weight excluding hydrogens is 350 g/mol. The average Bonchev–Trinajstić information content (AvgIpc) is 2.69. The minimum absolute atomic E-state index is 0.140. The van der Waals surface area contributed by atoms with Crippen LogP contribution in [0.4, 0.5) is 5.69 Å². The van der Waals surface area contributed by atoms with Gasteiger partial charge in [0.1, 0.15) is 0 Å². The summed E-state index contributed by atoms with van der Waals surface area (Å²) in [5, 5.41) is 11.7. The van der Waals surface area contributed by atoms with E-state index < -0.39 is 17.2 Å². The van der Waals surface area contributed by atoms with Crippen LogP contribution in [0, 0.1) is 17.8 Å². The Morgan fingerprint density at radius 2 is 1.71 bits per heavy atom. The molecule has 0 heterocycles. The molecule has 28 heavy (non-hydrogen) atoms. The summed E-state index contributed by atoms with van der Waals surface area (Å²) in [5.74, 6) is 4.98. The van der Waals surface area contributed by atoms with Gasteiger partial charge in [-0.05, 0) is 65.2 Å². The zero-order valence-electron chi connectivity index (χ0n) is 18.0. The molecule has 1 N–H and O–H groups in total. The third kappa shape index (κ3) is 4.89. The van der Waals surface area contributed by atoms with Gasteiger partial charge in [-0.1, -0.05) is 37.3 Å². The lowest BCUT2D eigenvalue weighted by molar-refractivity contribution is -0.184. The Morgan fingerprint density at radius 1 is 1.14 bits per heavy atom. The summed E-state index contributed by atoms with van der Waals surface area (Å²) in [4.78, 5) is 15.5. The summed E-state index contributed by atoms with van der Waals surface area (Å²) in [6, 6.07) is 7.73. The maximum atomic E-state index is 13.2. The standard InChI is InChI=1S/C24H35NO3/c1-6-18-23(4,5)28-22(26)24(27,19-12-10-9-11-13-19)20-14-16-21(17-15-20)25(7-2)8-3/h14-17,19,27H,7-13H2,1-5H3. The van der Waals surface area contributed by atoms with Crippen molar-refractivity contribution in [3.8, 4) is 11.8 Å². The summed E-state index contributed by atoms with van der Waals surface area (Å²) < 4.78 is 5.70. The molecule has 0 aromatic heterocycles. The van der Waals surface area contributed by atoms with Gasteiger partial charge in [0, 0.05) is 24.7 Å². The van der Waals surface area contributed by atoms with Gasteiger partial charge in [-0.2, -0.15) is 0 Å². The number of hydrogen-bond donors (Lipinski definition) is 1. The molecule has 0 spiro atoms. The van der Waals surface area contributed by atoms with Gasteiger partial charge >= 0.3 is 5.97 Å². The summed E-state index contributed by atoms with van der Waals surface area (Å²) in [6.45, 7) is 11.3. The summed E-state index contributed by atoms with van der Waals surface area (Å²) in [6.07, 6.45) is 4.84. The van der Waals surface area contributed by atoms with E-state index in [-0.39, 0.29) is 5.92 Å². The van der Waals surface area contributed by atoms with Crippen molar-refractivity contribution >= 4 is 11.7 Å². The largest absolute Gasteiger partial charge is 0.444 e. The van der Waals surface area contributed by atoms with Gasteiger partial charge in [0.25, 0.3) is 0 Å². The van der Waals surface area contributed by atoms with Crippen LogP contribution in [-0.4, -0.2) is 29.8 Å². The molecule has 1 atom stereocenters.